The third kappa shape index (κ3) is 3.61. The van der Waals surface area contributed by atoms with Crippen LogP contribution >= 0.6 is 0 Å². The molecule has 92 valence electrons. The van der Waals surface area contributed by atoms with Crippen molar-refractivity contribution in [3.63, 3.8) is 0 Å². The zero-order chi connectivity index (χ0) is 12.1. The molecule has 1 aromatic rings. The van der Waals surface area contributed by atoms with Gasteiger partial charge in [-0.05, 0) is 0 Å². The molecule has 0 aliphatic rings. The second-order valence-corrected chi connectivity index (χ2v) is 4.79. The van der Waals surface area contributed by atoms with Crippen LogP contribution in [0.15, 0.2) is 12.4 Å². The van der Waals surface area contributed by atoms with Crippen molar-refractivity contribution in [2.45, 2.75) is 52.2 Å². The van der Waals surface area contributed by atoms with Gasteiger partial charge in [0.2, 0.25) is 0 Å². The summed E-state index contributed by atoms with van der Waals surface area (Å²) < 4.78 is 2.11. The molecule has 0 aromatic carbocycles. The Morgan fingerprint density at radius 2 is 2.06 bits per heavy atom. The first-order valence-corrected chi connectivity index (χ1v) is 5.92. The highest BCUT2D eigenvalue weighted by atomic mass is 16.3. The van der Waals surface area contributed by atoms with Gasteiger partial charge in [-0.3, -0.25) is 0 Å². The Balaban J connectivity index is 2.66. The quantitative estimate of drug-likeness (QED) is 0.768. The van der Waals surface area contributed by atoms with Gasteiger partial charge in [-0.25, -0.2) is 4.98 Å². The van der Waals surface area contributed by atoms with E-state index in [0.717, 1.165) is 12.4 Å². The standard InChI is InChI=1S/C12H23N3O/c1-9(2)12-13-5-6-15(12)7-11(8-16)14-10(3)4/h5-6,9-11,14,16H,7-8H2,1-4H3. The fraction of sp³-hybridized carbons (Fsp3) is 0.750. The van der Waals surface area contributed by atoms with Gasteiger partial charge >= 0.3 is 0 Å². The summed E-state index contributed by atoms with van der Waals surface area (Å²) in [6, 6.07) is 0.467. The number of rotatable bonds is 6. The highest BCUT2D eigenvalue weighted by Crippen LogP contribution is 2.12. The lowest BCUT2D eigenvalue weighted by atomic mass is 10.2. The number of imidazole rings is 1. The molecule has 1 rings (SSSR count). The molecule has 0 spiro atoms. The molecule has 0 bridgehead atoms. The Labute approximate surface area is 97.7 Å². The van der Waals surface area contributed by atoms with E-state index < -0.39 is 0 Å². The number of aliphatic hydroxyl groups is 1. The molecule has 0 saturated carbocycles. The molecule has 4 nitrogen and oxygen atoms in total. The summed E-state index contributed by atoms with van der Waals surface area (Å²) in [5.74, 6) is 1.48. The van der Waals surface area contributed by atoms with E-state index in [9.17, 15) is 5.11 Å². The third-order valence-corrected chi connectivity index (χ3v) is 2.47. The van der Waals surface area contributed by atoms with Gasteiger partial charge < -0.3 is 15.0 Å². The zero-order valence-corrected chi connectivity index (χ0v) is 10.6. The molecule has 0 saturated heterocycles. The maximum atomic E-state index is 9.31. The van der Waals surface area contributed by atoms with Crippen molar-refractivity contribution in [1.82, 2.24) is 14.9 Å². The molecular formula is C12H23N3O. The van der Waals surface area contributed by atoms with Crippen molar-refractivity contribution in [2.24, 2.45) is 0 Å². The molecule has 4 heteroatoms. The van der Waals surface area contributed by atoms with Gasteiger partial charge in [-0.15, -0.1) is 0 Å². The molecular weight excluding hydrogens is 202 g/mol. The fourth-order valence-electron chi connectivity index (χ4n) is 1.85. The molecule has 1 atom stereocenters. The average Bonchev–Trinajstić information content (AvgIpc) is 2.64. The van der Waals surface area contributed by atoms with Crippen molar-refractivity contribution in [3.05, 3.63) is 18.2 Å². The first-order valence-electron chi connectivity index (χ1n) is 5.92. The second kappa shape index (κ2) is 6.01. The maximum Gasteiger partial charge on any atom is 0.111 e. The summed E-state index contributed by atoms with van der Waals surface area (Å²) in [6.07, 6.45) is 3.79. The lowest BCUT2D eigenvalue weighted by molar-refractivity contribution is 0.220. The Hall–Kier alpha value is -0.870. The summed E-state index contributed by atoms with van der Waals surface area (Å²) in [5.41, 5.74) is 0. The van der Waals surface area contributed by atoms with Crippen LogP contribution in [0.1, 0.15) is 39.4 Å². The van der Waals surface area contributed by atoms with Crippen molar-refractivity contribution in [2.75, 3.05) is 6.61 Å². The van der Waals surface area contributed by atoms with Gasteiger partial charge in [0.05, 0.1) is 6.61 Å². The summed E-state index contributed by atoms with van der Waals surface area (Å²) in [6.45, 7) is 9.33. The first kappa shape index (κ1) is 13.2. The number of aromatic nitrogens is 2. The highest BCUT2D eigenvalue weighted by molar-refractivity contribution is 4.98. The van der Waals surface area contributed by atoms with Gasteiger partial charge in [0, 0.05) is 36.9 Å². The topological polar surface area (TPSA) is 50.1 Å². The largest absolute Gasteiger partial charge is 0.395 e. The van der Waals surface area contributed by atoms with Crippen molar-refractivity contribution < 1.29 is 5.11 Å². The van der Waals surface area contributed by atoms with Crippen molar-refractivity contribution in [1.29, 1.82) is 0 Å². The van der Waals surface area contributed by atoms with Crippen LogP contribution in [0.2, 0.25) is 0 Å². The molecule has 1 unspecified atom stereocenters. The van der Waals surface area contributed by atoms with Gasteiger partial charge in [-0.1, -0.05) is 27.7 Å². The smallest absolute Gasteiger partial charge is 0.111 e. The second-order valence-electron chi connectivity index (χ2n) is 4.79. The predicted molar refractivity (Wildman–Crippen MR) is 65.5 cm³/mol. The summed E-state index contributed by atoms with van der Waals surface area (Å²) >= 11 is 0. The van der Waals surface area contributed by atoms with Crippen LogP contribution < -0.4 is 5.32 Å². The van der Waals surface area contributed by atoms with E-state index in [1.807, 2.05) is 12.4 Å². The van der Waals surface area contributed by atoms with E-state index in [-0.39, 0.29) is 12.6 Å². The minimum absolute atomic E-state index is 0.0895. The molecule has 1 aromatic heterocycles. The molecule has 16 heavy (non-hydrogen) atoms. The third-order valence-electron chi connectivity index (χ3n) is 2.47. The van der Waals surface area contributed by atoms with Gasteiger partial charge in [0.1, 0.15) is 5.82 Å². The lowest BCUT2D eigenvalue weighted by Crippen LogP contribution is -2.40. The number of hydrogen-bond donors (Lipinski definition) is 2. The Morgan fingerprint density at radius 1 is 1.38 bits per heavy atom. The monoisotopic (exact) mass is 225 g/mol. The summed E-state index contributed by atoms with van der Waals surface area (Å²) in [5, 5.41) is 12.6. The van der Waals surface area contributed by atoms with E-state index in [0.29, 0.717) is 12.0 Å². The maximum absolute atomic E-state index is 9.31. The number of nitrogens with one attached hydrogen (secondary N) is 1. The molecule has 2 N–H and O–H groups in total. The Bertz CT molecular complexity index is 307. The van der Waals surface area contributed by atoms with E-state index in [2.05, 4.69) is 42.6 Å². The Morgan fingerprint density at radius 3 is 2.56 bits per heavy atom. The normalized spacial score (nSPS) is 13.7. The van der Waals surface area contributed by atoms with Crippen LogP contribution in [0.25, 0.3) is 0 Å². The van der Waals surface area contributed by atoms with Crippen molar-refractivity contribution >= 4 is 0 Å². The van der Waals surface area contributed by atoms with Gasteiger partial charge in [-0.2, -0.15) is 0 Å². The van der Waals surface area contributed by atoms with Crippen LogP contribution in [0, 0.1) is 0 Å². The molecule has 0 fully saturated rings. The van der Waals surface area contributed by atoms with E-state index in [1.54, 1.807) is 0 Å². The van der Waals surface area contributed by atoms with Crippen LogP contribution in [0.4, 0.5) is 0 Å². The van der Waals surface area contributed by atoms with Gasteiger partial charge in [0.15, 0.2) is 0 Å². The molecule has 1 heterocycles. The van der Waals surface area contributed by atoms with Crippen molar-refractivity contribution in [3.8, 4) is 0 Å². The summed E-state index contributed by atoms with van der Waals surface area (Å²) in [7, 11) is 0. The van der Waals surface area contributed by atoms with Crippen LogP contribution in [-0.2, 0) is 6.54 Å². The van der Waals surface area contributed by atoms with E-state index in [4.69, 9.17) is 0 Å². The minimum Gasteiger partial charge on any atom is -0.395 e. The predicted octanol–water partition coefficient (Wildman–Crippen LogP) is 1.37. The molecule has 0 radical (unpaired) electrons. The first-order chi connectivity index (χ1) is 7.54. The molecule has 0 aliphatic heterocycles. The number of hydrogen-bond acceptors (Lipinski definition) is 3. The molecule has 0 aliphatic carbocycles. The number of nitrogens with zero attached hydrogens (tertiary/aromatic N) is 2. The van der Waals surface area contributed by atoms with Crippen LogP contribution in [-0.4, -0.2) is 33.3 Å². The highest BCUT2D eigenvalue weighted by Gasteiger charge is 2.13. The zero-order valence-electron chi connectivity index (χ0n) is 10.6. The minimum atomic E-state index is 0.0895. The van der Waals surface area contributed by atoms with Crippen LogP contribution in [0.5, 0.6) is 0 Å². The van der Waals surface area contributed by atoms with E-state index in [1.165, 1.54) is 0 Å². The average molecular weight is 225 g/mol. The van der Waals surface area contributed by atoms with Crippen LogP contribution in [0.3, 0.4) is 0 Å². The van der Waals surface area contributed by atoms with Gasteiger partial charge in [0.25, 0.3) is 0 Å². The summed E-state index contributed by atoms with van der Waals surface area (Å²) in [4.78, 5) is 4.34. The van der Waals surface area contributed by atoms with E-state index >= 15 is 0 Å². The lowest BCUT2D eigenvalue weighted by Gasteiger charge is -2.21. The molecule has 0 amide bonds. The SMILES string of the molecule is CC(C)NC(CO)Cn1ccnc1C(C)C. The number of aliphatic hydroxyl groups excluding tert-OH is 1. The fourth-order valence-corrected chi connectivity index (χ4v) is 1.85. The Kier molecular flexibility index (Phi) is 4.96.